The topological polar surface area (TPSA) is 71.5 Å². The highest BCUT2D eigenvalue weighted by Crippen LogP contribution is 2.08. The maximum Gasteiger partial charge on any atom is 0.174 e. The number of carbonyl (C=O) groups excluding carboxylic acids is 1. The number of aromatic nitrogens is 4. The lowest BCUT2D eigenvalue weighted by molar-refractivity contribution is -0.116. The second-order valence-electron chi connectivity index (χ2n) is 2.99. The van der Waals surface area contributed by atoms with E-state index in [-0.39, 0.29) is 5.78 Å². The van der Waals surface area contributed by atoms with Gasteiger partial charge in [0.15, 0.2) is 5.82 Å². The maximum atomic E-state index is 10.8. The average molecular weight is 192 g/mol. The summed E-state index contributed by atoms with van der Waals surface area (Å²) in [7, 11) is 0. The van der Waals surface area contributed by atoms with Crippen molar-refractivity contribution in [3.05, 3.63) is 23.7 Å². The van der Waals surface area contributed by atoms with E-state index in [2.05, 4.69) is 32.9 Å². The van der Waals surface area contributed by atoms with Crippen LogP contribution in [-0.2, 0) is 11.2 Å². The molecular formula is C9H12N4O. The predicted molar refractivity (Wildman–Crippen MR) is 50.4 cm³/mol. The molecule has 0 saturated carbocycles. The van der Waals surface area contributed by atoms with Gasteiger partial charge in [-0.3, -0.25) is 4.79 Å². The summed E-state index contributed by atoms with van der Waals surface area (Å²) >= 11 is 0. The largest absolute Gasteiger partial charge is 0.300 e. The number of carbonyl (C=O) groups is 1. The molecule has 0 radical (unpaired) electrons. The van der Waals surface area contributed by atoms with Gasteiger partial charge in [-0.05, 0) is 18.9 Å². The van der Waals surface area contributed by atoms with E-state index >= 15 is 0 Å². The summed E-state index contributed by atoms with van der Waals surface area (Å²) < 4.78 is 0. The van der Waals surface area contributed by atoms with E-state index in [1.165, 1.54) is 0 Å². The van der Waals surface area contributed by atoms with Crippen molar-refractivity contribution < 1.29 is 4.79 Å². The van der Waals surface area contributed by atoms with E-state index in [4.69, 9.17) is 0 Å². The lowest BCUT2D eigenvalue weighted by Gasteiger charge is -1.98. The molecule has 0 aliphatic rings. The third-order valence-corrected chi connectivity index (χ3v) is 1.75. The number of nitrogens with zero attached hydrogens (tertiary/aromatic N) is 3. The molecule has 1 N–H and O–H groups in total. The van der Waals surface area contributed by atoms with Gasteiger partial charge in [-0.15, -0.1) is 15.9 Å². The Bertz CT molecular complexity index is 349. The molecule has 1 heterocycles. The summed E-state index contributed by atoms with van der Waals surface area (Å²) in [6.45, 7) is 5.08. The van der Waals surface area contributed by atoms with Gasteiger partial charge in [-0.2, -0.15) is 5.21 Å². The van der Waals surface area contributed by atoms with Crippen LogP contribution >= 0.6 is 0 Å². The molecule has 0 amide bonds. The molecule has 0 bridgehead atoms. The molecule has 1 aromatic heterocycles. The Morgan fingerprint density at radius 2 is 2.43 bits per heavy atom. The van der Waals surface area contributed by atoms with Gasteiger partial charge in [0.1, 0.15) is 5.78 Å². The van der Waals surface area contributed by atoms with Crippen LogP contribution < -0.4 is 0 Å². The zero-order valence-corrected chi connectivity index (χ0v) is 8.08. The Morgan fingerprint density at radius 3 is 2.93 bits per heavy atom. The van der Waals surface area contributed by atoms with Crippen molar-refractivity contribution in [1.29, 1.82) is 0 Å². The highest BCUT2D eigenvalue weighted by molar-refractivity contribution is 5.78. The van der Waals surface area contributed by atoms with E-state index in [0.717, 1.165) is 5.57 Å². The van der Waals surface area contributed by atoms with Crippen molar-refractivity contribution in [3.8, 4) is 0 Å². The van der Waals surface area contributed by atoms with E-state index in [1.54, 1.807) is 6.92 Å². The van der Waals surface area contributed by atoms with E-state index in [0.29, 0.717) is 25.1 Å². The third kappa shape index (κ3) is 3.33. The van der Waals surface area contributed by atoms with Gasteiger partial charge in [0.25, 0.3) is 0 Å². The summed E-state index contributed by atoms with van der Waals surface area (Å²) in [6.07, 6.45) is 1.76. The van der Waals surface area contributed by atoms with Crippen molar-refractivity contribution >= 4 is 5.78 Å². The number of nitrogens with one attached hydrogen (secondary N) is 1. The van der Waals surface area contributed by atoms with Crippen LogP contribution in [0.15, 0.2) is 17.9 Å². The molecule has 5 nitrogen and oxygen atoms in total. The third-order valence-electron chi connectivity index (χ3n) is 1.75. The fourth-order valence-corrected chi connectivity index (χ4v) is 1.09. The van der Waals surface area contributed by atoms with Crippen LogP contribution in [0.25, 0.3) is 0 Å². The molecule has 14 heavy (non-hydrogen) atoms. The summed E-state index contributed by atoms with van der Waals surface area (Å²) in [5, 5.41) is 13.4. The molecular weight excluding hydrogens is 180 g/mol. The zero-order valence-electron chi connectivity index (χ0n) is 8.08. The van der Waals surface area contributed by atoms with Crippen molar-refractivity contribution in [3.63, 3.8) is 0 Å². The zero-order chi connectivity index (χ0) is 10.4. The van der Waals surface area contributed by atoms with Gasteiger partial charge in [-0.25, -0.2) is 0 Å². The minimum absolute atomic E-state index is 0.115. The van der Waals surface area contributed by atoms with Gasteiger partial charge in [0.05, 0.1) is 0 Å². The Hall–Kier alpha value is -1.74. The number of aryl methyl sites for hydroxylation is 1. The minimum atomic E-state index is 0.115. The van der Waals surface area contributed by atoms with Gasteiger partial charge in [0.2, 0.25) is 0 Å². The Balaban J connectivity index is 2.43. The van der Waals surface area contributed by atoms with Crippen LogP contribution in [-0.4, -0.2) is 26.4 Å². The second kappa shape index (κ2) is 5.09. The maximum absolute atomic E-state index is 10.8. The first-order chi connectivity index (χ1) is 6.72. The van der Waals surface area contributed by atoms with E-state index in [1.807, 2.05) is 0 Å². The molecule has 0 aromatic carbocycles. The number of allylic oxidation sites excluding steroid dienone is 1. The van der Waals surface area contributed by atoms with Gasteiger partial charge < -0.3 is 0 Å². The molecule has 0 spiro atoms. The molecule has 0 saturated heterocycles. The first-order valence-electron chi connectivity index (χ1n) is 4.32. The summed E-state index contributed by atoms with van der Waals surface area (Å²) in [4.78, 5) is 10.8. The number of Topliss-reactive ketones (excluding diaryl/α,β-unsaturated/α-hetero) is 1. The Labute approximate surface area is 81.9 Å². The number of hydrogen-bond donors (Lipinski definition) is 1. The van der Waals surface area contributed by atoms with Crippen LogP contribution in [0.3, 0.4) is 0 Å². The second-order valence-corrected chi connectivity index (χ2v) is 2.99. The summed E-state index contributed by atoms with van der Waals surface area (Å²) in [6, 6.07) is 0. The van der Waals surface area contributed by atoms with E-state index in [9.17, 15) is 4.79 Å². The Kier molecular flexibility index (Phi) is 3.76. The number of rotatable bonds is 5. The molecule has 74 valence electrons. The number of tetrazole rings is 1. The van der Waals surface area contributed by atoms with Crippen molar-refractivity contribution in [1.82, 2.24) is 20.6 Å². The van der Waals surface area contributed by atoms with Crippen LogP contribution in [0, 0.1) is 0 Å². The van der Waals surface area contributed by atoms with E-state index < -0.39 is 0 Å². The number of aromatic amines is 1. The molecule has 0 unspecified atom stereocenters. The Morgan fingerprint density at radius 1 is 1.64 bits per heavy atom. The monoisotopic (exact) mass is 192 g/mol. The first-order valence-corrected chi connectivity index (χ1v) is 4.32. The summed E-state index contributed by atoms with van der Waals surface area (Å²) in [5.74, 6) is 0.755. The number of H-pyrrole nitrogens is 1. The SMILES string of the molecule is C=C=C(CCc1nn[nH]n1)CC(C)=O. The normalized spacial score (nSPS) is 9.50. The van der Waals surface area contributed by atoms with Gasteiger partial charge >= 0.3 is 0 Å². The molecule has 1 aromatic rings. The lowest BCUT2D eigenvalue weighted by atomic mass is 10.1. The fourth-order valence-electron chi connectivity index (χ4n) is 1.09. The lowest BCUT2D eigenvalue weighted by Crippen LogP contribution is -1.96. The summed E-state index contributed by atoms with van der Waals surface area (Å²) in [5.41, 5.74) is 3.65. The molecule has 0 atom stereocenters. The van der Waals surface area contributed by atoms with Crippen molar-refractivity contribution in [2.45, 2.75) is 26.2 Å². The van der Waals surface area contributed by atoms with Gasteiger partial charge in [0, 0.05) is 12.8 Å². The molecule has 0 aliphatic carbocycles. The minimum Gasteiger partial charge on any atom is -0.300 e. The number of hydrogen-bond acceptors (Lipinski definition) is 4. The average Bonchev–Trinajstić information content (AvgIpc) is 2.64. The van der Waals surface area contributed by atoms with Gasteiger partial charge in [-0.1, -0.05) is 11.8 Å². The predicted octanol–water partition coefficient (Wildman–Crippen LogP) is 0.823. The molecule has 0 fully saturated rings. The first kappa shape index (κ1) is 10.3. The fraction of sp³-hybridized carbons (Fsp3) is 0.444. The number of ketones is 1. The quantitative estimate of drug-likeness (QED) is 0.701. The van der Waals surface area contributed by atoms with Crippen LogP contribution in [0.2, 0.25) is 0 Å². The standard InChI is InChI=1S/C9H12N4O/c1-3-8(6-7(2)14)4-5-9-10-12-13-11-9/h1,4-6H2,2H3,(H,10,11,12,13). The van der Waals surface area contributed by atoms with Crippen molar-refractivity contribution in [2.24, 2.45) is 0 Å². The molecule has 1 rings (SSSR count). The molecule has 5 heteroatoms. The van der Waals surface area contributed by atoms with Crippen LogP contribution in [0.1, 0.15) is 25.6 Å². The van der Waals surface area contributed by atoms with Crippen LogP contribution in [0.5, 0.6) is 0 Å². The highest BCUT2D eigenvalue weighted by atomic mass is 16.1. The smallest absolute Gasteiger partial charge is 0.174 e. The highest BCUT2D eigenvalue weighted by Gasteiger charge is 2.03. The molecule has 0 aliphatic heterocycles. The van der Waals surface area contributed by atoms with Crippen LogP contribution in [0.4, 0.5) is 0 Å². The van der Waals surface area contributed by atoms with Crippen molar-refractivity contribution in [2.75, 3.05) is 0 Å².